The van der Waals surface area contributed by atoms with Crippen LogP contribution in [0.1, 0.15) is 5.56 Å². The van der Waals surface area contributed by atoms with Crippen LogP contribution < -0.4 is 10.6 Å². The van der Waals surface area contributed by atoms with Crippen LogP contribution in [0, 0.1) is 5.82 Å². The lowest BCUT2D eigenvalue weighted by molar-refractivity contribution is 0.245. The van der Waals surface area contributed by atoms with Gasteiger partial charge in [0.2, 0.25) is 0 Å². The number of thioether (sulfide) groups is 1. The van der Waals surface area contributed by atoms with Crippen LogP contribution in [0.15, 0.2) is 29.3 Å². The van der Waals surface area contributed by atoms with E-state index in [9.17, 15) is 9.18 Å². The van der Waals surface area contributed by atoms with Crippen LogP contribution in [-0.4, -0.2) is 30.0 Å². The van der Waals surface area contributed by atoms with E-state index in [0.717, 1.165) is 17.9 Å². The first-order valence-corrected chi connectivity index (χ1v) is 6.69. The number of carbonyl (C=O) groups is 1. The Morgan fingerprint density at radius 3 is 2.83 bits per heavy atom. The van der Waals surface area contributed by atoms with Crippen molar-refractivity contribution in [1.82, 2.24) is 10.6 Å². The molecule has 96 valence electrons. The van der Waals surface area contributed by atoms with E-state index >= 15 is 0 Å². The standard InChI is InChI=1S/C12H14FN3OS/c13-10-3-1-9(2-4-10)5-6-14-11(17)16-12-15-7-8-18-12/h1-4H,5-8H2,(H2,14,15,16,17). The van der Waals surface area contributed by atoms with Crippen molar-refractivity contribution in [1.29, 1.82) is 0 Å². The second-order valence-corrected chi connectivity index (χ2v) is 4.88. The van der Waals surface area contributed by atoms with Crippen molar-refractivity contribution in [2.24, 2.45) is 4.99 Å². The third-order valence-corrected chi connectivity index (χ3v) is 3.31. The van der Waals surface area contributed by atoms with E-state index in [4.69, 9.17) is 0 Å². The maximum atomic E-state index is 12.7. The van der Waals surface area contributed by atoms with Gasteiger partial charge in [-0.2, -0.15) is 0 Å². The lowest BCUT2D eigenvalue weighted by Gasteiger charge is -2.06. The highest BCUT2D eigenvalue weighted by molar-refractivity contribution is 8.14. The minimum atomic E-state index is -0.249. The van der Waals surface area contributed by atoms with Gasteiger partial charge in [-0.25, -0.2) is 9.18 Å². The number of benzene rings is 1. The number of hydrogen-bond acceptors (Lipinski definition) is 3. The first kappa shape index (κ1) is 12.9. The Hall–Kier alpha value is -1.56. The molecule has 2 amide bonds. The first-order chi connectivity index (χ1) is 8.74. The number of nitrogens with zero attached hydrogens (tertiary/aromatic N) is 1. The van der Waals surface area contributed by atoms with Gasteiger partial charge in [0, 0.05) is 12.3 Å². The van der Waals surface area contributed by atoms with Gasteiger partial charge >= 0.3 is 6.03 Å². The van der Waals surface area contributed by atoms with Crippen LogP contribution in [0.25, 0.3) is 0 Å². The molecule has 0 bridgehead atoms. The minimum absolute atomic E-state index is 0.245. The van der Waals surface area contributed by atoms with Gasteiger partial charge in [0.15, 0.2) is 5.17 Å². The molecular formula is C12H14FN3OS. The van der Waals surface area contributed by atoms with Crippen molar-refractivity contribution in [2.75, 3.05) is 18.8 Å². The normalized spacial score (nSPS) is 14.2. The van der Waals surface area contributed by atoms with Gasteiger partial charge < -0.3 is 5.32 Å². The molecule has 0 aromatic heterocycles. The predicted octanol–water partition coefficient (Wildman–Crippen LogP) is 1.77. The van der Waals surface area contributed by atoms with E-state index < -0.39 is 0 Å². The molecule has 0 spiro atoms. The largest absolute Gasteiger partial charge is 0.337 e. The topological polar surface area (TPSA) is 53.5 Å². The summed E-state index contributed by atoms with van der Waals surface area (Å²) in [4.78, 5) is 15.6. The molecule has 0 radical (unpaired) electrons. The highest BCUT2D eigenvalue weighted by Gasteiger charge is 2.09. The summed E-state index contributed by atoms with van der Waals surface area (Å²) in [6.45, 7) is 1.27. The summed E-state index contributed by atoms with van der Waals surface area (Å²) < 4.78 is 12.7. The molecule has 2 N–H and O–H groups in total. The molecule has 0 unspecified atom stereocenters. The number of aliphatic imine (C=N–C) groups is 1. The Kier molecular flexibility index (Phi) is 4.58. The SMILES string of the molecule is O=C(NCCc1ccc(F)cc1)NC1=NCCS1. The summed E-state index contributed by atoms with van der Waals surface area (Å²) in [6, 6.07) is 6.02. The molecule has 1 aliphatic rings. The van der Waals surface area contributed by atoms with Crippen LogP contribution in [0.4, 0.5) is 9.18 Å². The highest BCUT2D eigenvalue weighted by Crippen LogP contribution is 2.08. The Bertz CT molecular complexity index is 447. The van der Waals surface area contributed by atoms with Crippen molar-refractivity contribution in [2.45, 2.75) is 6.42 Å². The van der Waals surface area contributed by atoms with Crippen LogP contribution in [-0.2, 0) is 6.42 Å². The number of amides is 2. The molecule has 0 saturated heterocycles. The third-order valence-electron chi connectivity index (χ3n) is 2.42. The zero-order valence-electron chi connectivity index (χ0n) is 9.78. The molecule has 2 rings (SSSR count). The maximum Gasteiger partial charge on any atom is 0.320 e. The van der Waals surface area contributed by atoms with E-state index in [-0.39, 0.29) is 11.8 Å². The first-order valence-electron chi connectivity index (χ1n) is 5.70. The summed E-state index contributed by atoms with van der Waals surface area (Å²) in [6.07, 6.45) is 0.674. The lowest BCUT2D eigenvalue weighted by Crippen LogP contribution is -2.38. The minimum Gasteiger partial charge on any atom is -0.337 e. The summed E-state index contributed by atoms with van der Waals surface area (Å²) in [5, 5.41) is 6.09. The molecule has 0 fully saturated rings. The fourth-order valence-corrected chi connectivity index (χ4v) is 2.25. The van der Waals surface area contributed by atoms with E-state index in [1.54, 1.807) is 12.1 Å². The number of halogens is 1. The zero-order chi connectivity index (χ0) is 12.8. The monoisotopic (exact) mass is 267 g/mol. The highest BCUT2D eigenvalue weighted by atomic mass is 32.2. The molecule has 1 aliphatic heterocycles. The molecule has 6 heteroatoms. The Morgan fingerprint density at radius 1 is 1.39 bits per heavy atom. The van der Waals surface area contributed by atoms with Crippen LogP contribution >= 0.6 is 11.8 Å². The number of carbonyl (C=O) groups excluding carboxylic acids is 1. The fraction of sp³-hybridized carbons (Fsp3) is 0.333. The second-order valence-electron chi connectivity index (χ2n) is 3.79. The van der Waals surface area contributed by atoms with Crippen molar-refractivity contribution < 1.29 is 9.18 Å². The van der Waals surface area contributed by atoms with E-state index in [1.165, 1.54) is 23.9 Å². The van der Waals surface area contributed by atoms with Crippen LogP contribution in [0.2, 0.25) is 0 Å². The molecule has 18 heavy (non-hydrogen) atoms. The summed E-state index contributed by atoms with van der Waals surface area (Å²) in [5.74, 6) is 0.672. The smallest absolute Gasteiger partial charge is 0.320 e. The maximum absolute atomic E-state index is 12.7. The number of hydrogen-bond donors (Lipinski definition) is 2. The van der Waals surface area contributed by atoms with Gasteiger partial charge in [-0.05, 0) is 24.1 Å². The summed E-state index contributed by atoms with van der Waals surface area (Å²) >= 11 is 1.54. The number of urea groups is 1. The molecule has 1 heterocycles. The quantitative estimate of drug-likeness (QED) is 0.877. The average molecular weight is 267 g/mol. The van der Waals surface area contributed by atoms with E-state index in [2.05, 4.69) is 15.6 Å². The third kappa shape index (κ3) is 4.03. The average Bonchev–Trinajstić information content (AvgIpc) is 2.84. The van der Waals surface area contributed by atoms with Gasteiger partial charge in [0.05, 0.1) is 6.54 Å². The van der Waals surface area contributed by atoms with Crippen molar-refractivity contribution in [3.8, 4) is 0 Å². The van der Waals surface area contributed by atoms with Gasteiger partial charge in [0.1, 0.15) is 5.82 Å². The van der Waals surface area contributed by atoms with Crippen molar-refractivity contribution in [3.63, 3.8) is 0 Å². The molecule has 0 saturated carbocycles. The van der Waals surface area contributed by atoms with Crippen LogP contribution in [0.3, 0.4) is 0 Å². The number of nitrogens with one attached hydrogen (secondary N) is 2. The Labute approximate surface area is 109 Å². The Balaban J connectivity index is 1.68. The molecule has 1 aromatic rings. The van der Waals surface area contributed by atoms with Gasteiger partial charge in [0.25, 0.3) is 0 Å². The lowest BCUT2D eigenvalue weighted by atomic mass is 10.1. The summed E-state index contributed by atoms with van der Waals surface area (Å²) in [7, 11) is 0. The molecule has 0 atom stereocenters. The number of rotatable bonds is 3. The summed E-state index contributed by atoms with van der Waals surface area (Å²) in [5.41, 5.74) is 0.990. The van der Waals surface area contributed by atoms with Gasteiger partial charge in [-0.1, -0.05) is 23.9 Å². The molecule has 0 aliphatic carbocycles. The molecule has 4 nitrogen and oxygen atoms in total. The predicted molar refractivity (Wildman–Crippen MR) is 71.4 cm³/mol. The molecular weight excluding hydrogens is 253 g/mol. The van der Waals surface area contributed by atoms with Gasteiger partial charge in [-0.15, -0.1) is 0 Å². The second kappa shape index (κ2) is 6.39. The fourth-order valence-electron chi connectivity index (χ4n) is 1.52. The van der Waals surface area contributed by atoms with Crippen LogP contribution in [0.5, 0.6) is 0 Å². The van der Waals surface area contributed by atoms with E-state index in [1.807, 2.05) is 0 Å². The number of amidine groups is 1. The van der Waals surface area contributed by atoms with Gasteiger partial charge in [-0.3, -0.25) is 10.3 Å². The molecule has 1 aromatic carbocycles. The Morgan fingerprint density at radius 2 is 2.17 bits per heavy atom. The zero-order valence-corrected chi connectivity index (χ0v) is 10.6. The van der Waals surface area contributed by atoms with E-state index in [0.29, 0.717) is 18.1 Å². The van der Waals surface area contributed by atoms with Crippen molar-refractivity contribution >= 4 is 23.0 Å². The van der Waals surface area contributed by atoms with Crippen molar-refractivity contribution in [3.05, 3.63) is 35.6 Å².